The normalized spacial score (nSPS) is 12.1. The SMILES string of the molecule is C=Cc1ncc(C(Cc2ccccc2)Nc2c(C(C)C)cccc2C(C)C)nc1C=C. The Balaban J connectivity index is 2.10. The third-order valence-electron chi connectivity index (χ3n) is 5.57. The largest absolute Gasteiger partial charge is 0.376 e. The van der Waals surface area contributed by atoms with Crippen molar-refractivity contribution in [3.05, 3.63) is 102 Å². The van der Waals surface area contributed by atoms with E-state index in [1.165, 1.54) is 22.4 Å². The van der Waals surface area contributed by atoms with Crippen LogP contribution in [0.25, 0.3) is 12.2 Å². The van der Waals surface area contributed by atoms with Gasteiger partial charge in [0, 0.05) is 5.69 Å². The van der Waals surface area contributed by atoms with Crippen LogP contribution >= 0.6 is 0 Å². The second-order valence-electron chi connectivity index (χ2n) is 8.48. The topological polar surface area (TPSA) is 37.8 Å². The summed E-state index contributed by atoms with van der Waals surface area (Å²) in [4.78, 5) is 9.48. The molecule has 0 aliphatic heterocycles. The molecule has 31 heavy (non-hydrogen) atoms. The lowest BCUT2D eigenvalue weighted by Crippen LogP contribution is -2.19. The summed E-state index contributed by atoms with van der Waals surface area (Å²) in [6.07, 6.45) is 6.13. The first kappa shape index (κ1) is 22.5. The molecule has 2 aromatic carbocycles. The molecule has 1 heterocycles. The minimum Gasteiger partial charge on any atom is -0.376 e. The van der Waals surface area contributed by atoms with Crippen molar-refractivity contribution in [3.8, 4) is 0 Å². The number of hydrogen-bond donors (Lipinski definition) is 1. The van der Waals surface area contributed by atoms with Gasteiger partial charge in [-0.05, 0) is 47.1 Å². The van der Waals surface area contributed by atoms with Gasteiger partial charge in [0.15, 0.2) is 0 Å². The minimum absolute atomic E-state index is 0.0233. The molecule has 3 aromatic rings. The highest BCUT2D eigenvalue weighted by molar-refractivity contribution is 5.62. The molecule has 0 saturated carbocycles. The second-order valence-corrected chi connectivity index (χ2v) is 8.48. The van der Waals surface area contributed by atoms with E-state index in [0.717, 1.165) is 23.5 Å². The molecule has 1 aromatic heterocycles. The highest BCUT2D eigenvalue weighted by atomic mass is 15.0. The van der Waals surface area contributed by atoms with Crippen LogP contribution in [0.1, 0.15) is 79.3 Å². The van der Waals surface area contributed by atoms with E-state index in [1.54, 1.807) is 12.2 Å². The number of rotatable bonds is 9. The van der Waals surface area contributed by atoms with Crippen LogP contribution in [0.3, 0.4) is 0 Å². The summed E-state index contributed by atoms with van der Waals surface area (Å²) in [5.41, 5.74) is 7.52. The predicted octanol–water partition coefficient (Wildman–Crippen LogP) is 7.41. The molecule has 3 nitrogen and oxygen atoms in total. The highest BCUT2D eigenvalue weighted by Gasteiger charge is 2.21. The summed E-state index contributed by atoms with van der Waals surface area (Å²) in [7, 11) is 0. The fourth-order valence-corrected chi connectivity index (χ4v) is 3.87. The summed E-state index contributed by atoms with van der Waals surface area (Å²) in [5, 5.41) is 3.87. The van der Waals surface area contributed by atoms with Gasteiger partial charge in [0.25, 0.3) is 0 Å². The number of benzene rings is 2. The van der Waals surface area contributed by atoms with E-state index in [0.29, 0.717) is 11.8 Å². The lowest BCUT2D eigenvalue weighted by molar-refractivity contribution is 0.726. The van der Waals surface area contributed by atoms with Crippen LogP contribution in [0.4, 0.5) is 5.69 Å². The predicted molar refractivity (Wildman–Crippen MR) is 133 cm³/mol. The van der Waals surface area contributed by atoms with Crippen LogP contribution in [0.5, 0.6) is 0 Å². The molecule has 0 bridgehead atoms. The maximum Gasteiger partial charge on any atom is 0.0884 e. The van der Waals surface area contributed by atoms with Crippen LogP contribution in [0.15, 0.2) is 67.9 Å². The molecule has 1 atom stereocenters. The van der Waals surface area contributed by atoms with Crippen molar-refractivity contribution >= 4 is 17.8 Å². The molecule has 1 unspecified atom stereocenters. The fourth-order valence-electron chi connectivity index (χ4n) is 3.87. The fraction of sp³-hybridized carbons (Fsp3) is 0.286. The van der Waals surface area contributed by atoms with Crippen molar-refractivity contribution < 1.29 is 0 Å². The Morgan fingerprint density at radius 1 is 0.839 bits per heavy atom. The molecule has 160 valence electrons. The number of para-hydroxylation sites is 1. The van der Waals surface area contributed by atoms with E-state index in [2.05, 4.69) is 93.6 Å². The Hall–Kier alpha value is -3.20. The lowest BCUT2D eigenvalue weighted by atomic mass is 9.91. The number of hydrogen-bond acceptors (Lipinski definition) is 3. The Bertz CT molecular complexity index is 1010. The van der Waals surface area contributed by atoms with Crippen LogP contribution < -0.4 is 5.32 Å². The molecule has 0 radical (unpaired) electrons. The van der Waals surface area contributed by atoms with Gasteiger partial charge < -0.3 is 5.32 Å². The van der Waals surface area contributed by atoms with Crippen LogP contribution in [-0.2, 0) is 6.42 Å². The first-order valence-electron chi connectivity index (χ1n) is 11.0. The average molecular weight is 412 g/mol. The number of aromatic nitrogens is 2. The molecule has 0 fully saturated rings. The first-order chi connectivity index (χ1) is 14.9. The maximum atomic E-state index is 4.89. The van der Waals surface area contributed by atoms with Gasteiger partial charge in [-0.1, -0.05) is 89.4 Å². The second kappa shape index (κ2) is 10.2. The average Bonchev–Trinajstić information content (AvgIpc) is 2.78. The van der Waals surface area contributed by atoms with Crippen molar-refractivity contribution in [2.75, 3.05) is 5.32 Å². The smallest absolute Gasteiger partial charge is 0.0884 e. The molecule has 0 spiro atoms. The summed E-state index contributed by atoms with van der Waals surface area (Å²) in [6.45, 7) is 16.7. The molecule has 3 rings (SSSR count). The van der Waals surface area contributed by atoms with E-state index in [-0.39, 0.29) is 6.04 Å². The molecule has 0 saturated heterocycles. The summed E-state index contributed by atoms with van der Waals surface area (Å²) >= 11 is 0. The molecule has 3 heteroatoms. The Morgan fingerprint density at radius 3 is 2.00 bits per heavy atom. The van der Waals surface area contributed by atoms with Crippen molar-refractivity contribution in [1.82, 2.24) is 9.97 Å². The highest BCUT2D eigenvalue weighted by Crippen LogP contribution is 2.35. The summed E-state index contributed by atoms with van der Waals surface area (Å²) in [6, 6.07) is 17.1. The van der Waals surface area contributed by atoms with Gasteiger partial charge in [-0.3, -0.25) is 4.98 Å². The number of anilines is 1. The van der Waals surface area contributed by atoms with E-state index < -0.39 is 0 Å². The Morgan fingerprint density at radius 2 is 1.45 bits per heavy atom. The zero-order valence-electron chi connectivity index (χ0n) is 19.1. The third-order valence-corrected chi connectivity index (χ3v) is 5.57. The molecule has 0 amide bonds. The van der Waals surface area contributed by atoms with E-state index >= 15 is 0 Å². The van der Waals surface area contributed by atoms with Gasteiger partial charge in [-0.25, -0.2) is 4.98 Å². The van der Waals surface area contributed by atoms with Crippen LogP contribution in [0, 0.1) is 0 Å². The number of nitrogens with one attached hydrogen (secondary N) is 1. The summed E-state index contributed by atoms with van der Waals surface area (Å²) < 4.78 is 0. The molecular weight excluding hydrogens is 378 g/mol. The zero-order chi connectivity index (χ0) is 22.4. The van der Waals surface area contributed by atoms with Gasteiger partial charge in [0.05, 0.1) is 29.3 Å². The van der Waals surface area contributed by atoms with Gasteiger partial charge >= 0.3 is 0 Å². The van der Waals surface area contributed by atoms with E-state index in [4.69, 9.17) is 4.98 Å². The zero-order valence-corrected chi connectivity index (χ0v) is 19.1. The van der Waals surface area contributed by atoms with E-state index in [9.17, 15) is 0 Å². The van der Waals surface area contributed by atoms with Crippen molar-refractivity contribution in [2.24, 2.45) is 0 Å². The third kappa shape index (κ3) is 5.29. The van der Waals surface area contributed by atoms with Gasteiger partial charge in [0.2, 0.25) is 0 Å². The summed E-state index contributed by atoms with van der Waals surface area (Å²) in [5.74, 6) is 0.827. The van der Waals surface area contributed by atoms with Gasteiger partial charge in [-0.2, -0.15) is 0 Å². The van der Waals surface area contributed by atoms with Gasteiger partial charge in [-0.15, -0.1) is 0 Å². The number of nitrogens with zero attached hydrogens (tertiary/aromatic N) is 2. The standard InChI is InChI=1S/C28H33N3/c1-7-24-25(8-2)30-27(18-29-24)26(17-21-13-10-9-11-14-21)31-28-22(19(3)4)15-12-16-23(28)20(5)6/h7-16,18-20,26,31H,1-2,17H2,3-6H3. The van der Waals surface area contributed by atoms with Crippen LogP contribution in [-0.4, -0.2) is 9.97 Å². The van der Waals surface area contributed by atoms with Crippen LogP contribution in [0.2, 0.25) is 0 Å². The minimum atomic E-state index is -0.0233. The van der Waals surface area contributed by atoms with Crippen molar-refractivity contribution in [3.63, 3.8) is 0 Å². The lowest BCUT2D eigenvalue weighted by Gasteiger charge is -2.26. The Kier molecular flexibility index (Phi) is 7.41. The Labute approximate surface area is 187 Å². The van der Waals surface area contributed by atoms with Crippen molar-refractivity contribution in [2.45, 2.75) is 52.0 Å². The quantitative estimate of drug-likeness (QED) is 0.398. The first-order valence-corrected chi connectivity index (χ1v) is 11.0. The molecule has 0 aliphatic rings. The van der Waals surface area contributed by atoms with Gasteiger partial charge in [0.1, 0.15) is 0 Å². The molecule has 1 N–H and O–H groups in total. The van der Waals surface area contributed by atoms with Crippen molar-refractivity contribution in [1.29, 1.82) is 0 Å². The monoisotopic (exact) mass is 411 g/mol. The molecular formula is C28H33N3. The van der Waals surface area contributed by atoms with E-state index in [1.807, 2.05) is 12.3 Å². The maximum absolute atomic E-state index is 4.89. The molecule has 0 aliphatic carbocycles.